The van der Waals surface area contributed by atoms with Crippen molar-refractivity contribution in [2.45, 2.75) is 0 Å². The smallest absolute Gasteiger partial charge is 0.335 e. The van der Waals surface area contributed by atoms with Gasteiger partial charge in [-0.2, -0.15) is 0 Å². The Balaban J connectivity index is 1.46. The topological polar surface area (TPSA) is 76.1 Å². The maximum atomic E-state index is 12.0. The van der Waals surface area contributed by atoms with E-state index in [4.69, 9.17) is 14.6 Å². The van der Waals surface area contributed by atoms with E-state index in [0.29, 0.717) is 12.5 Å². The van der Waals surface area contributed by atoms with Gasteiger partial charge in [-0.15, -0.1) is 0 Å². The van der Waals surface area contributed by atoms with Gasteiger partial charge in [0.25, 0.3) is 0 Å². The van der Waals surface area contributed by atoms with Crippen LogP contribution in [0.1, 0.15) is 10.4 Å². The number of benzene rings is 2. The van der Waals surface area contributed by atoms with Gasteiger partial charge in [0.2, 0.25) is 0 Å². The molecule has 7 heteroatoms. The second-order valence-electron chi connectivity index (χ2n) is 5.05. The zero-order valence-corrected chi connectivity index (χ0v) is 13.5. The predicted molar refractivity (Wildman–Crippen MR) is 90.8 cm³/mol. The number of rotatable bonds is 7. The van der Waals surface area contributed by atoms with Crippen LogP contribution in [0.3, 0.4) is 0 Å². The van der Waals surface area contributed by atoms with Crippen molar-refractivity contribution in [3.63, 3.8) is 0 Å². The van der Waals surface area contributed by atoms with Crippen molar-refractivity contribution < 1.29 is 24.2 Å². The zero-order valence-electron chi connectivity index (χ0n) is 12.7. The van der Waals surface area contributed by atoms with Gasteiger partial charge < -0.3 is 14.6 Å². The van der Waals surface area contributed by atoms with Gasteiger partial charge in [-0.05, 0) is 48.3 Å². The summed E-state index contributed by atoms with van der Waals surface area (Å²) >= 11 is 1.38. The van der Waals surface area contributed by atoms with Gasteiger partial charge in [0.15, 0.2) is 12.5 Å². The molecule has 0 atom stereocenters. The van der Waals surface area contributed by atoms with Gasteiger partial charge in [-0.25, -0.2) is 4.79 Å². The first-order valence-electron chi connectivity index (χ1n) is 7.23. The van der Waals surface area contributed by atoms with E-state index in [1.165, 1.54) is 36.2 Å². The van der Waals surface area contributed by atoms with Crippen molar-refractivity contribution >= 4 is 29.4 Å². The van der Waals surface area contributed by atoms with E-state index in [0.717, 1.165) is 11.4 Å². The summed E-state index contributed by atoms with van der Waals surface area (Å²) in [5, 5.41) is 8.82. The van der Waals surface area contributed by atoms with Crippen molar-refractivity contribution in [2.24, 2.45) is 0 Å². The van der Waals surface area contributed by atoms with E-state index in [1.54, 1.807) is 0 Å². The third-order valence-electron chi connectivity index (χ3n) is 3.35. The second kappa shape index (κ2) is 7.27. The molecule has 0 aliphatic carbocycles. The van der Waals surface area contributed by atoms with Crippen LogP contribution in [0, 0.1) is 0 Å². The highest BCUT2D eigenvalue weighted by Crippen LogP contribution is 2.37. The standard InChI is InChI=1S/C17H15NO5S/c19-13(9-22-14-7-5-12(6-8-14)17(20)21)10-24-18-11-23-16-4-2-1-3-15(16)18/h1-8H,9-11H2,(H,20,21). The number of nitrogens with zero attached hydrogens (tertiary/aromatic N) is 1. The summed E-state index contributed by atoms with van der Waals surface area (Å²) in [4.78, 5) is 22.7. The first-order chi connectivity index (χ1) is 11.6. The summed E-state index contributed by atoms with van der Waals surface area (Å²) in [5.74, 6) is 0.486. The van der Waals surface area contributed by atoms with Crippen molar-refractivity contribution in [3.05, 3.63) is 54.1 Å². The quantitative estimate of drug-likeness (QED) is 0.773. The molecule has 0 aromatic heterocycles. The fourth-order valence-electron chi connectivity index (χ4n) is 2.14. The Kier molecular flexibility index (Phi) is 4.90. The molecule has 3 rings (SSSR count). The molecule has 1 aliphatic rings. The number of ether oxygens (including phenoxy) is 2. The summed E-state index contributed by atoms with van der Waals surface area (Å²) in [6.07, 6.45) is 0. The number of para-hydroxylation sites is 2. The Bertz CT molecular complexity index is 747. The number of carboxylic acids is 1. The van der Waals surface area contributed by atoms with Gasteiger partial charge in [-0.3, -0.25) is 9.10 Å². The largest absolute Gasteiger partial charge is 0.486 e. The summed E-state index contributed by atoms with van der Waals surface area (Å²) in [7, 11) is 0. The number of anilines is 1. The third kappa shape index (κ3) is 3.80. The maximum Gasteiger partial charge on any atom is 0.335 e. The van der Waals surface area contributed by atoms with Crippen LogP contribution in [0.5, 0.6) is 11.5 Å². The molecule has 1 aliphatic heterocycles. The monoisotopic (exact) mass is 345 g/mol. The lowest BCUT2D eigenvalue weighted by Crippen LogP contribution is -2.19. The molecule has 0 radical (unpaired) electrons. The van der Waals surface area contributed by atoms with Gasteiger partial charge in [0.05, 0.1) is 17.0 Å². The van der Waals surface area contributed by atoms with Crippen molar-refractivity contribution in [3.8, 4) is 11.5 Å². The van der Waals surface area contributed by atoms with Crippen LogP contribution < -0.4 is 13.8 Å². The number of carbonyl (C=O) groups excluding carboxylic acids is 1. The van der Waals surface area contributed by atoms with E-state index >= 15 is 0 Å². The fourth-order valence-corrected chi connectivity index (χ4v) is 2.94. The predicted octanol–water partition coefficient (Wildman–Crippen LogP) is 2.84. The van der Waals surface area contributed by atoms with E-state index in [2.05, 4.69) is 0 Å². The van der Waals surface area contributed by atoms with Crippen LogP contribution in [0.15, 0.2) is 48.5 Å². The van der Waals surface area contributed by atoms with Gasteiger partial charge in [-0.1, -0.05) is 12.1 Å². The van der Waals surface area contributed by atoms with Crippen molar-refractivity contribution in [1.29, 1.82) is 0 Å². The molecule has 6 nitrogen and oxygen atoms in total. The third-order valence-corrected chi connectivity index (χ3v) is 4.42. The molecule has 0 saturated heterocycles. The van der Waals surface area contributed by atoms with Gasteiger partial charge >= 0.3 is 5.97 Å². The van der Waals surface area contributed by atoms with E-state index in [9.17, 15) is 9.59 Å². The molecule has 0 fully saturated rings. The van der Waals surface area contributed by atoms with Crippen LogP contribution in [0.25, 0.3) is 0 Å². The average Bonchev–Trinajstić information content (AvgIpc) is 3.01. The van der Waals surface area contributed by atoms with Crippen LogP contribution in [0.4, 0.5) is 5.69 Å². The zero-order chi connectivity index (χ0) is 16.9. The number of carboxylic acid groups (broad SMARTS) is 1. The number of fused-ring (bicyclic) bond motifs is 1. The summed E-state index contributed by atoms with van der Waals surface area (Å²) in [6, 6.07) is 13.6. The molecule has 2 aromatic rings. The van der Waals surface area contributed by atoms with Crippen LogP contribution >= 0.6 is 11.9 Å². The van der Waals surface area contributed by atoms with E-state index < -0.39 is 5.97 Å². The lowest BCUT2D eigenvalue weighted by molar-refractivity contribution is -0.118. The van der Waals surface area contributed by atoms with Crippen LogP contribution in [0.2, 0.25) is 0 Å². The second-order valence-corrected chi connectivity index (χ2v) is 6.04. The molecule has 0 spiro atoms. The lowest BCUT2D eigenvalue weighted by Gasteiger charge is -2.14. The van der Waals surface area contributed by atoms with Gasteiger partial charge in [0.1, 0.15) is 18.1 Å². The molecule has 0 unspecified atom stereocenters. The number of Topliss-reactive ketones (excluding diaryl/α,β-unsaturated/α-hetero) is 1. The minimum Gasteiger partial charge on any atom is -0.486 e. The number of aromatic carboxylic acids is 1. The van der Waals surface area contributed by atoms with E-state index in [1.807, 2.05) is 28.6 Å². The number of ketones is 1. The highest BCUT2D eigenvalue weighted by atomic mass is 32.2. The Hall–Kier alpha value is -2.67. The Morgan fingerprint density at radius 2 is 1.92 bits per heavy atom. The van der Waals surface area contributed by atoms with E-state index in [-0.39, 0.29) is 23.7 Å². The Morgan fingerprint density at radius 3 is 2.67 bits per heavy atom. The first-order valence-corrected chi connectivity index (χ1v) is 8.18. The Labute approximate surface area is 143 Å². The molecule has 2 aromatic carbocycles. The fraction of sp³-hybridized carbons (Fsp3) is 0.176. The van der Waals surface area contributed by atoms with Crippen molar-refractivity contribution in [1.82, 2.24) is 0 Å². The first kappa shape index (κ1) is 16.2. The molecule has 0 bridgehead atoms. The normalized spacial score (nSPS) is 12.4. The summed E-state index contributed by atoms with van der Waals surface area (Å²) in [5.41, 5.74) is 1.14. The minimum absolute atomic E-state index is 0.0598. The summed E-state index contributed by atoms with van der Waals surface area (Å²) < 4.78 is 12.8. The molecule has 1 N–H and O–H groups in total. The molecule has 124 valence electrons. The number of hydrogen-bond donors (Lipinski definition) is 1. The molecular formula is C17H15NO5S. The molecule has 1 heterocycles. The SMILES string of the molecule is O=C(COc1ccc(C(=O)O)cc1)CSN1COc2ccccc21. The highest BCUT2D eigenvalue weighted by molar-refractivity contribution is 8.01. The number of hydrogen-bond acceptors (Lipinski definition) is 6. The maximum absolute atomic E-state index is 12.0. The highest BCUT2D eigenvalue weighted by Gasteiger charge is 2.21. The molecule has 0 amide bonds. The Morgan fingerprint density at radius 1 is 1.17 bits per heavy atom. The van der Waals surface area contributed by atoms with Crippen LogP contribution in [-0.4, -0.2) is 35.9 Å². The summed E-state index contributed by atoms with van der Waals surface area (Å²) in [6.45, 7) is 0.352. The average molecular weight is 345 g/mol. The van der Waals surface area contributed by atoms with Gasteiger partial charge in [0, 0.05) is 0 Å². The lowest BCUT2D eigenvalue weighted by atomic mass is 10.2. The molecule has 0 saturated carbocycles. The van der Waals surface area contributed by atoms with Crippen molar-refractivity contribution in [2.75, 3.05) is 23.4 Å². The number of carbonyl (C=O) groups is 2. The molecule has 24 heavy (non-hydrogen) atoms. The molecular weight excluding hydrogens is 330 g/mol. The minimum atomic E-state index is -0.998. The van der Waals surface area contributed by atoms with Crippen LogP contribution in [-0.2, 0) is 4.79 Å².